The molecule has 2 heterocycles. The number of pyridine rings is 1. The molecule has 0 aliphatic carbocycles. The van der Waals surface area contributed by atoms with E-state index in [2.05, 4.69) is 9.97 Å². The van der Waals surface area contributed by atoms with Crippen molar-refractivity contribution in [2.75, 3.05) is 0 Å². The van der Waals surface area contributed by atoms with Crippen molar-refractivity contribution in [3.05, 3.63) is 65.3 Å². The fourth-order valence-corrected chi connectivity index (χ4v) is 2.98. The predicted molar refractivity (Wildman–Crippen MR) is 89.4 cm³/mol. The number of halogens is 1. The maximum absolute atomic E-state index is 11.0. The van der Waals surface area contributed by atoms with E-state index in [1.165, 1.54) is 0 Å². The number of hydrogen-bond acceptors (Lipinski definition) is 2. The summed E-state index contributed by atoms with van der Waals surface area (Å²) in [6, 6.07) is 15.5. The fraction of sp³-hybridized carbons (Fsp3) is 0. The Morgan fingerprint density at radius 3 is 2.82 bits per heavy atom. The van der Waals surface area contributed by atoms with Crippen molar-refractivity contribution in [1.29, 1.82) is 0 Å². The van der Waals surface area contributed by atoms with Crippen LogP contribution in [0.2, 0.25) is 5.02 Å². The molecule has 0 radical (unpaired) electrons. The summed E-state index contributed by atoms with van der Waals surface area (Å²) in [5, 5.41) is 2.65. The summed E-state index contributed by atoms with van der Waals surface area (Å²) in [7, 11) is 0. The van der Waals surface area contributed by atoms with Crippen molar-refractivity contribution >= 4 is 39.8 Å². The van der Waals surface area contributed by atoms with Gasteiger partial charge in [0.25, 0.3) is 0 Å². The van der Waals surface area contributed by atoms with Crippen LogP contribution < -0.4 is 0 Å². The zero-order chi connectivity index (χ0) is 15.1. The van der Waals surface area contributed by atoms with Crippen LogP contribution in [-0.2, 0) is 0 Å². The maximum Gasteiger partial charge on any atom is 0.150 e. The highest BCUT2D eigenvalue weighted by atomic mass is 35.5. The number of carbonyl (C=O) groups excluding carboxylic acids is 1. The Morgan fingerprint density at radius 2 is 1.95 bits per heavy atom. The van der Waals surface area contributed by atoms with Crippen molar-refractivity contribution in [1.82, 2.24) is 9.97 Å². The molecule has 2 aromatic carbocycles. The standard InChI is InChI=1S/C18H11ClN2O/c19-13-8-15-17-14(12-4-1-3-11(7-12)10-22)5-2-6-16(17)21-18(15)20-9-13/h1-10H,(H,20,21). The number of hydrogen-bond donors (Lipinski definition) is 1. The van der Waals surface area contributed by atoms with Crippen LogP contribution in [0.5, 0.6) is 0 Å². The number of benzene rings is 2. The molecule has 0 atom stereocenters. The van der Waals surface area contributed by atoms with Crippen molar-refractivity contribution in [2.24, 2.45) is 0 Å². The molecule has 4 heteroatoms. The Morgan fingerprint density at radius 1 is 1.09 bits per heavy atom. The highest BCUT2D eigenvalue weighted by molar-refractivity contribution is 6.31. The summed E-state index contributed by atoms with van der Waals surface area (Å²) >= 11 is 6.10. The van der Waals surface area contributed by atoms with Crippen LogP contribution in [0.1, 0.15) is 10.4 Å². The number of aldehydes is 1. The minimum absolute atomic E-state index is 0.602. The Bertz CT molecular complexity index is 1020. The quantitative estimate of drug-likeness (QED) is 0.538. The number of nitrogens with one attached hydrogen (secondary N) is 1. The molecule has 0 saturated heterocycles. The Balaban J connectivity index is 2.10. The molecule has 4 rings (SSSR count). The van der Waals surface area contributed by atoms with Crippen LogP contribution in [0, 0.1) is 0 Å². The van der Waals surface area contributed by atoms with Gasteiger partial charge in [-0.05, 0) is 29.3 Å². The number of aromatic nitrogens is 2. The zero-order valence-electron chi connectivity index (χ0n) is 11.5. The van der Waals surface area contributed by atoms with Gasteiger partial charge < -0.3 is 4.98 Å². The van der Waals surface area contributed by atoms with Gasteiger partial charge in [-0.1, -0.05) is 41.9 Å². The number of rotatable bonds is 2. The third kappa shape index (κ3) is 1.98. The smallest absolute Gasteiger partial charge is 0.150 e. The topological polar surface area (TPSA) is 45.8 Å². The van der Waals surface area contributed by atoms with Crippen LogP contribution in [0.15, 0.2) is 54.7 Å². The molecule has 1 N–H and O–H groups in total. The third-order valence-electron chi connectivity index (χ3n) is 3.77. The average Bonchev–Trinajstić information content (AvgIpc) is 2.92. The second-order valence-electron chi connectivity index (χ2n) is 5.15. The highest BCUT2D eigenvalue weighted by Crippen LogP contribution is 2.34. The lowest BCUT2D eigenvalue weighted by Crippen LogP contribution is -1.83. The summed E-state index contributed by atoms with van der Waals surface area (Å²) in [4.78, 5) is 18.7. The molecule has 0 spiro atoms. The first-order valence-electron chi connectivity index (χ1n) is 6.88. The van der Waals surface area contributed by atoms with Gasteiger partial charge in [-0.2, -0.15) is 0 Å². The Hall–Kier alpha value is -2.65. The van der Waals surface area contributed by atoms with Crippen LogP contribution in [0.25, 0.3) is 33.1 Å². The molecule has 0 aliphatic rings. The third-order valence-corrected chi connectivity index (χ3v) is 3.98. The van der Waals surface area contributed by atoms with Crippen LogP contribution >= 0.6 is 11.6 Å². The summed E-state index contributed by atoms with van der Waals surface area (Å²) in [5.74, 6) is 0. The number of carbonyl (C=O) groups is 1. The minimum atomic E-state index is 0.602. The molecule has 2 aromatic heterocycles. The van der Waals surface area contributed by atoms with Crippen LogP contribution in [0.3, 0.4) is 0 Å². The Kier molecular flexibility index (Phi) is 2.94. The van der Waals surface area contributed by atoms with E-state index in [0.717, 1.165) is 39.3 Å². The number of H-pyrrole nitrogens is 1. The van der Waals surface area contributed by atoms with Gasteiger partial charge >= 0.3 is 0 Å². The number of fused-ring (bicyclic) bond motifs is 3. The second-order valence-corrected chi connectivity index (χ2v) is 5.58. The van der Waals surface area contributed by atoms with E-state index in [1.54, 1.807) is 12.3 Å². The lowest BCUT2D eigenvalue weighted by atomic mass is 9.98. The fourth-order valence-electron chi connectivity index (χ4n) is 2.82. The molecule has 0 unspecified atom stereocenters. The van der Waals surface area contributed by atoms with Gasteiger partial charge in [-0.15, -0.1) is 0 Å². The summed E-state index contributed by atoms with van der Waals surface area (Å²) in [6.45, 7) is 0. The maximum atomic E-state index is 11.0. The molecule has 106 valence electrons. The lowest BCUT2D eigenvalue weighted by molar-refractivity contribution is 0.112. The van der Waals surface area contributed by atoms with Crippen LogP contribution in [-0.4, -0.2) is 16.3 Å². The molecule has 22 heavy (non-hydrogen) atoms. The van der Waals surface area contributed by atoms with E-state index in [-0.39, 0.29) is 0 Å². The molecule has 0 fully saturated rings. The molecular weight excluding hydrogens is 296 g/mol. The number of nitrogens with zero attached hydrogens (tertiary/aromatic N) is 1. The van der Waals surface area contributed by atoms with E-state index >= 15 is 0 Å². The Labute approximate surface area is 131 Å². The van der Waals surface area contributed by atoms with Crippen LogP contribution in [0.4, 0.5) is 0 Å². The summed E-state index contributed by atoms with van der Waals surface area (Å²) in [6.07, 6.45) is 2.49. The largest absolute Gasteiger partial charge is 0.339 e. The van der Waals surface area contributed by atoms with E-state index in [0.29, 0.717) is 10.6 Å². The van der Waals surface area contributed by atoms with E-state index in [4.69, 9.17) is 11.6 Å². The average molecular weight is 307 g/mol. The number of aromatic amines is 1. The first kappa shape index (κ1) is 13.0. The minimum Gasteiger partial charge on any atom is -0.339 e. The van der Waals surface area contributed by atoms with E-state index in [1.807, 2.05) is 42.5 Å². The summed E-state index contributed by atoms with van der Waals surface area (Å²) in [5.41, 5.74) is 4.51. The van der Waals surface area contributed by atoms with Gasteiger partial charge in [0, 0.05) is 28.0 Å². The SMILES string of the molecule is O=Cc1cccc(-c2cccc3[nH]c4ncc(Cl)cc4c23)c1. The van der Waals surface area contributed by atoms with Gasteiger partial charge in [0.2, 0.25) is 0 Å². The van der Waals surface area contributed by atoms with Crippen molar-refractivity contribution in [3.8, 4) is 11.1 Å². The van der Waals surface area contributed by atoms with Gasteiger partial charge in [-0.3, -0.25) is 4.79 Å². The molecular formula is C18H11ClN2O. The van der Waals surface area contributed by atoms with Gasteiger partial charge in [0.1, 0.15) is 11.9 Å². The predicted octanol–water partition coefficient (Wildman–Crippen LogP) is 4.85. The van der Waals surface area contributed by atoms with Crippen molar-refractivity contribution < 1.29 is 4.79 Å². The first-order chi connectivity index (χ1) is 10.8. The molecule has 0 saturated carbocycles. The zero-order valence-corrected chi connectivity index (χ0v) is 12.3. The van der Waals surface area contributed by atoms with Gasteiger partial charge in [-0.25, -0.2) is 4.98 Å². The van der Waals surface area contributed by atoms with Gasteiger partial charge in [0.15, 0.2) is 0 Å². The van der Waals surface area contributed by atoms with Gasteiger partial charge in [0.05, 0.1) is 5.02 Å². The lowest BCUT2D eigenvalue weighted by Gasteiger charge is -2.05. The highest BCUT2D eigenvalue weighted by Gasteiger charge is 2.11. The molecule has 3 nitrogen and oxygen atoms in total. The molecule has 0 amide bonds. The second kappa shape index (κ2) is 4.97. The van der Waals surface area contributed by atoms with E-state index in [9.17, 15) is 4.79 Å². The van der Waals surface area contributed by atoms with Crippen molar-refractivity contribution in [2.45, 2.75) is 0 Å². The monoisotopic (exact) mass is 306 g/mol. The molecule has 0 aliphatic heterocycles. The molecule has 0 bridgehead atoms. The normalized spacial score (nSPS) is 11.1. The first-order valence-corrected chi connectivity index (χ1v) is 7.25. The summed E-state index contributed by atoms with van der Waals surface area (Å²) < 4.78 is 0. The molecule has 4 aromatic rings. The van der Waals surface area contributed by atoms with E-state index < -0.39 is 0 Å². The van der Waals surface area contributed by atoms with Crippen molar-refractivity contribution in [3.63, 3.8) is 0 Å².